The van der Waals surface area contributed by atoms with Gasteiger partial charge in [-0.2, -0.15) is 0 Å². The number of hydrogen-bond donors (Lipinski definition) is 0. The van der Waals surface area contributed by atoms with E-state index in [1.54, 1.807) is 24.9 Å². The largest absolute Gasteiger partial charge is 0.463 e. The third-order valence-electron chi connectivity index (χ3n) is 4.67. The summed E-state index contributed by atoms with van der Waals surface area (Å²) in [6.07, 6.45) is 8.00. The minimum Gasteiger partial charge on any atom is -0.463 e. The van der Waals surface area contributed by atoms with E-state index in [2.05, 4.69) is 17.1 Å². The predicted octanol–water partition coefficient (Wildman–Crippen LogP) is 3.44. The summed E-state index contributed by atoms with van der Waals surface area (Å²) < 4.78 is 10.5. The fraction of sp³-hybridized carbons (Fsp3) is 0.632. The van der Waals surface area contributed by atoms with Crippen LogP contribution in [0.3, 0.4) is 0 Å². The van der Waals surface area contributed by atoms with Crippen molar-refractivity contribution in [3.05, 3.63) is 23.9 Å². The first-order chi connectivity index (χ1) is 11.8. The molecule has 3 unspecified atom stereocenters. The van der Waals surface area contributed by atoms with Crippen LogP contribution in [0, 0.1) is 5.92 Å². The van der Waals surface area contributed by atoms with Crippen LogP contribution in [0.5, 0.6) is 0 Å². The van der Waals surface area contributed by atoms with E-state index in [1.165, 1.54) is 0 Å². The van der Waals surface area contributed by atoms with Gasteiger partial charge in [-0.1, -0.05) is 12.2 Å². The minimum absolute atomic E-state index is 0.0634. The van der Waals surface area contributed by atoms with Crippen molar-refractivity contribution in [2.75, 3.05) is 6.61 Å². The van der Waals surface area contributed by atoms with Crippen LogP contribution < -0.4 is 0 Å². The first-order valence-electron chi connectivity index (χ1n) is 8.77. The highest BCUT2D eigenvalue weighted by molar-refractivity contribution is 8.03. The third kappa shape index (κ3) is 3.41. The molecule has 2 aliphatic heterocycles. The lowest BCUT2D eigenvalue weighted by molar-refractivity contribution is -0.154. The van der Waals surface area contributed by atoms with Gasteiger partial charge in [0, 0.05) is 24.3 Å². The molecule has 3 atom stereocenters. The van der Waals surface area contributed by atoms with E-state index < -0.39 is 5.60 Å². The van der Waals surface area contributed by atoms with Crippen molar-refractivity contribution in [3.8, 4) is 0 Å². The lowest BCUT2D eigenvalue weighted by Crippen LogP contribution is -2.44. The Balaban J connectivity index is 1.91. The summed E-state index contributed by atoms with van der Waals surface area (Å²) in [6.45, 7) is 7.74. The maximum atomic E-state index is 12.6. The molecule has 0 N–H and O–H groups in total. The molecule has 0 aromatic heterocycles. The highest BCUT2D eigenvalue weighted by Gasteiger charge is 2.57. The summed E-state index contributed by atoms with van der Waals surface area (Å²) in [5, 5.41) is -0.295. The Bertz CT molecular complexity index is 673. The molecule has 1 spiro atoms. The fourth-order valence-corrected chi connectivity index (χ4v) is 5.48. The zero-order chi connectivity index (χ0) is 18.2. The molecular weight excluding hydrogens is 338 g/mol. The number of ether oxygens (including phenoxy) is 2. The van der Waals surface area contributed by atoms with Crippen LogP contribution in [-0.4, -0.2) is 39.9 Å². The van der Waals surface area contributed by atoms with E-state index in [0.29, 0.717) is 18.6 Å². The number of carbonyl (C=O) groups excluding carboxylic acids is 2. The lowest BCUT2D eigenvalue weighted by atomic mass is 9.73. The molecule has 1 saturated heterocycles. The topological polar surface area (TPSA) is 65.0 Å². The number of thioether (sulfide) groups is 1. The van der Waals surface area contributed by atoms with Crippen molar-refractivity contribution in [2.24, 2.45) is 10.9 Å². The highest BCUT2D eigenvalue weighted by Crippen LogP contribution is 2.57. The molecule has 1 fully saturated rings. The standard InChI is InChI=1S/C19H25NO4S/c1-5-23-16(21)12-11-20-15-8-6-7-9-19(15)13(12)10-14(25-19)17(22)24-18(2,3)4/h6-7,11,13-14H,5,8-10H2,1-4H3. The quantitative estimate of drug-likeness (QED) is 0.568. The average Bonchev–Trinajstić information content (AvgIpc) is 2.91. The van der Waals surface area contributed by atoms with Crippen LogP contribution in [0.4, 0.5) is 0 Å². The molecular formula is C19H25NO4S. The molecule has 5 nitrogen and oxygen atoms in total. The second-order valence-corrected chi connectivity index (χ2v) is 9.11. The summed E-state index contributed by atoms with van der Waals surface area (Å²) in [7, 11) is 0. The number of nitrogens with zero attached hydrogens (tertiary/aromatic N) is 1. The van der Waals surface area contributed by atoms with Crippen LogP contribution in [0.1, 0.15) is 47.0 Å². The second kappa shape index (κ2) is 6.63. The Hall–Kier alpha value is -1.56. The Kier molecular flexibility index (Phi) is 4.84. The molecule has 0 bridgehead atoms. The molecule has 0 aromatic carbocycles. The molecule has 6 heteroatoms. The van der Waals surface area contributed by atoms with Gasteiger partial charge in [-0.25, -0.2) is 4.79 Å². The van der Waals surface area contributed by atoms with Crippen molar-refractivity contribution in [1.29, 1.82) is 0 Å². The zero-order valence-electron chi connectivity index (χ0n) is 15.2. The van der Waals surface area contributed by atoms with Gasteiger partial charge in [0.15, 0.2) is 0 Å². The predicted molar refractivity (Wildman–Crippen MR) is 98.6 cm³/mol. The van der Waals surface area contributed by atoms with E-state index in [4.69, 9.17) is 9.47 Å². The van der Waals surface area contributed by atoms with E-state index in [9.17, 15) is 9.59 Å². The third-order valence-corrected chi connectivity index (χ3v) is 6.45. The molecule has 0 saturated carbocycles. The maximum absolute atomic E-state index is 12.6. The summed E-state index contributed by atoms with van der Waals surface area (Å²) in [5.74, 6) is -0.598. The number of rotatable bonds is 3. The van der Waals surface area contributed by atoms with Gasteiger partial charge in [0.2, 0.25) is 0 Å². The molecule has 136 valence electrons. The smallest absolute Gasteiger partial charge is 0.335 e. The zero-order valence-corrected chi connectivity index (χ0v) is 16.0. The monoisotopic (exact) mass is 363 g/mol. The summed E-state index contributed by atoms with van der Waals surface area (Å²) in [4.78, 5) is 29.6. The molecule has 1 aliphatic carbocycles. The Morgan fingerprint density at radius 2 is 2.12 bits per heavy atom. The van der Waals surface area contributed by atoms with Crippen LogP contribution in [0.15, 0.2) is 28.9 Å². The Morgan fingerprint density at radius 1 is 1.36 bits per heavy atom. The first-order valence-corrected chi connectivity index (χ1v) is 9.65. The van der Waals surface area contributed by atoms with Gasteiger partial charge in [-0.05, 0) is 40.5 Å². The maximum Gasteiger partial charge on any atom is 0.335 e. The summed E-state index contributed by atoms with van der Waals surface area (Å²) in [5.41, 5.74) is 1.11. The van der Waals surface area contributed by atoms with Crippen molar-refractivity contribution in [2.45, 2.75) is 62.6 Å². The average molecular weight is 363 g/mol. The Labute approximate surface area is 152 Å². The number of carbonyl (C=O) groups is 2. The molecule has 3 aliphatic rings. The Morgan fingerprint density at radius 3 is 2.80 bits per heavy atom. The van der Waals surface area contributed by atoms with Crippen molar-refractivity contribution >= 4 is 29.4 Å². The van der Waals surface area contributed by atoms with Gasteiger partial charge in [0.25, 0.3) is 0 Å². The summed E-state index contributed by atoms with van der Waals surface area (Å²) >= 11 is 1.61. The van der Waals surface area contributed by atoms with Gasteiger partial charge in [-0.3, -0.25) is 9.79 Å². The first kappa shape index (κ1) is 18.2. The van der Waals surface area contributed by atoms with Crippen LogP contribution in [0.2, 0.25) is 0 Å². The number of allylic oxidation sites excluding steroid dienone is 2. The molecule has 3 rings (SSSR count). The lowest BCUT2D eigenvalue weighted by Gasteiger charge is -2.39. The summed E-state index contributed by atoms with van der Waals surface area (Å²) in [6, 6.07) is 0. The van der Waals surface area contributed by atoms with Gasteiger partial charge in [-0.15, -0.1) is 11.8 Å². The van der Waals surface area contributed by atoms with E-state index in [-0.39, 0.29) is 27.9 Å². The fourth-order valence-electron chi connectivity index (χ4n) is 3.69. The van der Waals surface area contributed by atoms with Crippen LogP contribution in [-0.2, 0) is 19.1 Å². The van der Waals surface area contributed by atoms with Crippen LogP contribution in [0.25, 0.3) is 0 Å². The van der Waals surface area contributed by atoms with Crippen LogP contribution >= 0.6 is 11.8 Å². The number of hydrogen-bond acceptors (Lipinski definition) is 6. The molecule has 25 heavy (non-hydrogen) atoms. The minimum atomic E-state index is -0.522. The second-order valence-electron chi connectivity index (χ2n) is 7.58. The van der Waals surface area contributed by atoms with Gasteiger partial charge in [0.1, 0.15) is 10.9 Å². The van der Waals surface area contributed by atoms with Gasteiger partial charge in [0.05, 0.1) is 16.9 Å². The SMILES string of the molecule is CCOC(=O)C1=CN=C2CC=CCC23SC(C(=O)OC(C)(C)C)CC13. The van der Waals surface area contributed by atoms with Gasteiger partial charge < -0.3 is 9.47 Å². The number of aliphatic imine (C=N–C) groups is 1. The molecule has 0 radical (unpaired) electrons. The molecule has 0 aromatic rings. The van der Waals surface area contributed by atoms with E-state index in [1.807, 2.05) is 20.8 Å². The number of esters is 2. The van der Waals surface area contributed by atoms with Crippen molar-refractivity contribution < 1.29 is 19.1 Å². The van der Waals surface area contributed by atoms with Gasteiger partial charge >= 0.3 is 11.9 Å². The van der Waals surface area contributed by atoms with Crippen molar-refractivity contribution in [1.82, 2.24) is 0 Å². The molecule has 2 heterocycles. The van der Waals surface area contributed by atoms with E-state index >= 15 is 0 Å². The highest BCUT2D eigenvalue weighted by atomic mass is 32.2. The normalized spacial score (nSPS) is 30.7. The van der Waals surface area contributed by atoms with E-state index in [0.717, 1.165) is 18.6 Å². The van der Waals surface area contributed by atoms with Crippen molar-refractivity contribution in [3.63, 3.8) is 0 Å². The molecule has 0 amide bonds.